The highest BCUT2D eigenvalue weighted by Gasteiger charge is 2.41. The van der Waals surface area contributed by atoms with Gasteiger partial charge in [-0.3, -0.25) is 9.80 Å². The third-order valence-electron chi connectivity index (χ3n) is 6.09. The fourth-order valence-electron chi connectivity index (χ4n) is 4.43. The molecule has 0 unspecified atom stereocenters. The highest BCUT2D eigenvalue weighted by Crippen LogP contribution is 2.32. The number of rotatable bonds is 5. The van der Waals surface area contributed by atoms with Crippen molar-refractivity contribution in [2.75, 3.05) is 53.9 Å². The van der Waals surface area contributed by atoms with Gasteiger partial charge >= 0.3 is 0 Å². The lowest BCUT2D eigenvalue weighted by Crippen LogP contribution is -2.63. The molecule has 25 heavy (non-hydrogen) atoms. The van der Waals surface area contributed by atoms with Gasteiger partial charge in [0.25, 0.3) is 0 Å². The van der Waals surface area contributed by atoms with Crippen LogP contribution in [0.2, 0.25) is 0 Å². The van der Waals surface area contributed by atoms with Crippen LogP contribution in [0, 0.1) is 0 Å². The predicted molar refractivity (Wildman–Crippen MR) is 104 cm³/mol. The molecule has 0 amide bonds. The number of hydrogen-bond donors (Lipinski definition) is 0. The van der Waals surface area contributed by atoms with Crippen molar-refractivity contribution in [1.82, 2.24) is 14.7 Å². The largest absolute Gasteiger partial charge is 0.496 e. The number of piperidine rings is 1. The molecular weight excluding hydrogens is 310 g/mol. The Hall–Kier alpha value is -1.36. The van der Waals surface area contributed by atoms with Gasteiger partial charge in [0.2, 0.25) is 0 Å². The normalized spacial score (nSPS) is 22.2. The van der Waals surface area contributed by atoms with E-state index in [1.54, 1.807) is 7.11 Å². The maximum atomic E-state index is 5.47. The molecule has 2 fully saturated rings. The van der Waals surface area contributed by atoms with Crippen molar-refractivity contribution in [1.29, 1.82) is 0 Å². The molecule has 1 aromatic rings. The van der Waals surface area contributed by atoms with Crippen LogP contribution in [0.1, 0.15) is 24.0 Å². The molecule has 138 valence electrons. The third-order valence-corrected chi connectivity index (χ3v) is 6.09. The summed E-state index contributed by atoms with van der Waals surface area (Å²) < 4.78 is 5.47. The van der Waals surface area contributed by atoms with Gasteiger partial charge in [0.15, 0.2) is 0 Å². The van der Waals surface area contributed by atoms with Crippen LogP contribution in [0.5, 0.6) is 5.75 Å². The fourth-order valence-corrected chi connectivity index (χ4v) is 4.43. The zero-order valence-electron chi connectivity index (χ0n) is 16.1. The predicted octanol–water partition coefficient (Wildman–Crippen LogP) is 2.64. The zero-order chi connectivity index (χ0) is 17.9. The van der Waals surface area contributed by atoms with Gasteiger partial charge in [0, 0.05) is 44.8 Å². The zero-order valence-corrected chi connectivity index (χ0v) is 16.1. The number of likely N-dealkylation sites (N-methyl/N-ethyl adjacent to an activating group) is 2. The van der Waals surface area contributed by atoms with Gasteiger partial charge in [-0.25, -0.2) is 0 Å². The first-order valence-corrected chi connectivity index (χ1v) is 9.45. The number of benzene rings is 1. The van der Waals surface area contributed by atoms with E-state index in [9.17, 15) is 0 Å². The van der Waals surface area contributed by atoms with Crippen molar-refractivity contribution in [2.24, 2.45) is 0 Å². The van der Waals surface area contributed by atoms with Gasteiger partial charge in [-0.2, -0.15) is 0 Å². The topological polar surface area (TPSA) is 19.0 Å². The number of piperazine rings is 1. The molecule has 1 spiro atoms. The number of ether oxygens (including phenoxy) is 1. The van der Waals surface area contributed by atoms with Crippen molar-refractivity contribution in [3.63, 3.8) is 0 Å². The minimum atomic E-state index is 0.386. The average molecular weight is 344 g/mol. The molecule has 2 aliphatic rings. The summed E-state index contributed by atoms with van der Waals surface area (Å²) in [7, 11) is 6.32. The van der Waals surface area contributed by atoms with E-state index in [1.165, 1.54) is 56.7 Å². The number of hydrogen-bond acceptors (Lipinski definition) is 4. The first kappa shape index (κ1) is 18.4. The molecule has 0 bridgehead atoms. The maximum absolute atomic E-state index is 5.47. The lowest BCUT2D eigenvalue weighted by molar-refractivity contribution is -0.0205. The van der Waals surface area contributed by atoms with E-state index < -0.39 is 0 Å². The van der Waals surface area contributed by atoms with Gasteiger partial charge in [-0.15, -0.1) is 6.58 Å². The lowest BCUT2D eigenvalue weighted by atomic mass is 9.83. The maximum Gasteiger partial charge on any atom is 0.122 e. The summed E-state index contributed by atoms with van der Waals surface area (Å²) in [4.78, 5) is 7.72. The molecule has 0 aliphatic carbocycles. The molecule has 4 heteroatoms. The summed E-state index contributed by atoms with van der Waals surface area (Å²) >= 11 is 0. The van der Waals surface area contributed by atoms with Crippen molar-refractivity contribution < 1.29 is 4.74 Å². The van der Waals surface area contributed by atoms with Gasteiger partial charge in [0.1, 0.15) is 5.75 Å². The smallest absolute Gasteiger partial charge is 0.122 e. The lowest BCUT2D eigenvalue weighted by Gasteiger charge is -2.52. The van der Waals surface area contributed by atoms with Gasteiger partial charge in [-0.05, 0) is 50.6 Å². The SMILES string of the molecule is C=CCc1cc(CN2CCC3(CC2)CN(C)CCN3C)ccc1OC. The molecule has 1 aromatic carbocycles. The Bertz CT molecular complexity index is 593. The van der Waals surface area contributed by atoms with Crippen molar-refractivity contribution >= 4 is 0 Å². The van der Waals surface area contributed by atoms with Crippen LogP contribution in [0.15, 0.2) is 30.9 Å². The highest BCUT2D eigenvalue weighted by atomic mass is 16.5. The van der Waals surface area contributed by atoms with Crippen LogP contribution in [-0.4, -0.2) is 74.2 Å². The van der Waals surface area contributed by atoms with Crippen LogP contribution in [0.25, 0.3) is 0 Å². The second-order valence-corrected chi connectivity index (χ2v) is 7.80. The van der Waals surface area contributed by atoms with Crippen molar-refractivity contribution in [3.05, 3.63) is 42.0 Å². The quantitative estimate of drug-likeness (QED) is 0.765. The molecular formula is C21H33N3O. The van der Waals surface area contributed by atoms with E-state index in [2.05, 4.69) is 53.6 Å². The number of allylic oxidation sites excluding steroid dienone is 1. The number of likely N-dealkylation sites (tertiary alicyclic amines) is 1. The van der Waals surface area contributed by atoms with E-state index in [0.717, 1.165) is 18.7 Å². The second-order valence-electron chi connectivity index (χ2n) is 7.80. The Morgan fingerprint density at radius 1 is 1.16 bits per heavy atom. The Balaban J connectivity index is 1.62. The first-order valence-electron chi connectivity index (χ1n) is 9.45. The van der Waals surface area contributed by atoms with Gasteiger partial charge in [-0.1, -0.05) is 18.2 Å². The fraction of sp³-hybridized carbons (Fsp3) is 0.619. The second kappa shape index (κ2) is 7.90. The highest BCUT2D eigenvalue weighted by molar-refractivity contribution is 5.38. The summed E-state index contributed by atoms with van der Waals surface area (Å²) in [6.45, 7) is 10.9. The summed E-state index contributed by atoms with van der Waals surface area (Å²) in [6.07, 6.45) is 5.34. The van der Waals surface area contributed by atoms with E-state index in [0.29, 0.717) is 5.54 Å². The minimum Gasteiger partial charge on any atom is -0.496 e. The van der Waals surface area contributed by atoms with Crippen LogP contribution in [-0.2, 0) is 13.0 Å². The van der Waals surface area contributed by atoms with Crippen LogP contribution in [0.3, 0.4) is 0 Å². The molecule has 0 N–H and O–H groups in total. The molecule has 0 radical (unpaired) electrons. The Morgan fingerprint density at radius 2 is 1.92 bits per heavy atom. The number of nitrogens with zero attached hydrogens (tertiary/aromatic N) is 3. The van der Waals surface area contributed by atoms with Crippen molar-refractivity contribution in [2.45, 2.75) is 31.3 Å². The molecule has 3 rings (SSSR count). The Morgan fingerprint density at radius 3 is 2.60 bits per heavy atom. The third kappa shape index (κ3) is 4.08. The molecule has 0 aromatic heterocycles. The van der Waals surface area contributed by atoms with Crippen molar-refractivity contribution in [3.8, 4) is 5.75 Å². The van der Waals surface area contributed by atoms with Gasteiger partial charge in [0.05, 0.1) is 7.11 Å². The summed E-state index contributed by atoms with van der Waals surface area (Å²) in [5, 5.41) is 0. The summed E-state index contributed by atoms with van der Waals surface area (Å²) in [6, 6.07) is 6.59. The van der Waals surface area contributed by atoms with Gasteiger partial charge < -0.3 is 9.64 Å². The molecule has 2 aliphatic heterocycles. The average Bonchev–Trinajstić information content (AvgIpc) is 2.61. The van der Waals surface area contributed by atoms with E-state index in [1.807, 2.05) is 6.08 Å². The number of methoxy groups -OCH3 is 1. The van der Waals surface area contributed by atoms with E-state index in [-0.39, 0.29) is 0 Å². The summed E-state index contributed by atoms with van der Waals surface area (Å²) in [5.74, 6) is 0.966. The molecule has 2 saturated heterocycles. The molecule has 0 saturated carbocycles. The van der Waals surface area contributed by atoms with Crippen LogP contribution < -0.4 is 4.74 Å². The standard InChI is InChI=1S/C21H33N3O/c1-5-6-19-15-18(7-8-20(19)25-4)16-24-11-9-21(10-12-24)17-22(2)13-14-23(21)3/h5,7-8,15H,1,6,9-14,16-17H2,2-4H3. The monoisotopic (exact) mass is 343 g/mol. The van der Waals surface area contributed by atoms with Crippen LogP contribution in [0.4, 0.5) is 0 Å². The van der Waals surface area contributed by atoms with Crippen LogP contribution >= 0.6 is 0 Å². The Labute approximate surface area is 153 Å². The molecule has 4 nitrogen and oxygen atoms in total. The minimum absolute atomic E-state index is 0.386. The molecule has 2 heterocycles. The first-order chi connectivity index (χ1) is 12.1. The van der Waals surface area contributed by atoms with E-state index >= 15 is 0 Å². The molecule has 0 atom stereocenters. The van der Waals surface area contributed by atoms with E-state index in [4.69, 9.17) is 4.74 Å². The summed E-state index contributed by atoms with van der Waals surface area (Å²) in [5.41, 5.74) is 3.00. The Kier molecular flexibility index (Phi) is 5.82.